The molecule has 0 atom stereocenters. The number of halogens is 1. The Labute approximate surface area is 205 Å². The topological polar surface area (TPSA) is 106 Å². The number of nitro groups is 1. The summed E-state index contributed by atoms with van der Waals surface area (Å²) < 4.78 is 26.3. The number of amides is 1. The van der Waals surface area contributed by atoms with Gasteiger partial charge in [0.15, 0.2) is 9.84 Å². The molecule has 0 radical (unpaired) electrons. The first-order chi connectivity index (χ1) is 16.0. The zero-order valence-electron chi connectivity index (χ0n) is 18.2. The van der Waals surface area contributed by atoms with Crippen LogP contribution >= 0.6 is 23.4 Å². The molecule has 0 unspecified atom stereocenters. The number of fused-ring (bicyclic) bond motifs is 1. The maximum absolute atomic E-state index is 13.2. The Kier molecular flexibility index (Phi) is 6.53. The number of hydrogen-bond donors (Lipinski definition) is 1. The van der Waals surface area contributed by atoms with Crippen molar-refractivity contribution >= 4 is 56.6 Å². The molecule has 1 aliphatic rings. The lowest BCUT2D eigenvalue weighted by molar-refractivity contribution is -0.384. The molecule has 174 valence electrons. The van der Waals surface area contributed by atoms with Crippen molar-refractivity contribution in [2.24, 2.45) is 0 Å². The first kappa shape index (κ1) is 24.0. The van der Waals surface area contributed by atoms with E-state index in [0.717, 1.165) is 28.5 Å². The van der Waals surface area contributed by atoms with Gasteiger partial charge in [-0.25, -0.2) is 8.42 Å². The van der Waals surface area contributed by atoms with E-state index in [1.165, 1.54) is 24.3 Å². The highest BCUT2D eigenvalue weighted by Crippen LogP contribution is 2.41. The van der Waals surface area contributed by atoms with Crippen molar-refractivity contribution in [1.82, 2.24) is 0 Å². The van der Waals surface area contributed by atoms with Crippen molar-refractivity contribution in [2.75, 3.05) is 5.32 Å². The van der Waals surface area contributed by atoms with Crippen LogP contribution in [0.25, 0.3) is 6.08 Å². The van der Waals surface area contributed by atoms with Gasteiger partial charge in [-0.15, -0.1) is 0 Å². The second kappa shape index (κ2) is 9.25. The third-order valence-electron chi connectivity index (χ3n) is 5.45. The summed E-state index contributed by atoms with van der Waals surface area (Å²) in [5.74, 6) is -0.514. The van der Waals surface area contributed by atoms with Gasteiger partial charge < -0.3 is 5.32 Å². The predicted octanol–water partition coefficient (Wildman–Crippen LogP) is 5.92. The quantitative estimate of drug-likeness (QED) is 0.257. The normalized spacial score (nSPS) is 14.6. The summed E-state index contributed by atoms with van der Waals surface area (Å²) in [6, 6.07) is 14.5. The smallest absolute Gasteiger partial charge is 0.288 e. The molecule has 0 aromatic heterocycles. The van der Waals surface area contributed by atoms with Crippen LogP contribution in [-0.4, -0.2) is 19.2 Å². The van der Waals surface area contributed by atoms with Crippen LogP contribution in [0.5, 0.6) is 0 Å². The second-order valence-corrected chi connectivity index (χ2v) is 11.3. The summed E-state index contributed by atoms with van der Waals surface area (Å²) in [5, 5.41) is 13.9. The predicted molar refractivity (Wildman–Crippen MR) is 134 cm³/mol. The number of anilines is 1. The number of aryl methyl sites for hydroxylation is 2. The molecule has 1 heterocycles. The minimum absolute atomic E-state index is 0.00279. The highest BCUT2D eigenvalue weighted by Gasteiger charge is 2.25. The highest BCUT2D eigenvalue weighted by molar-refractivity contribution is 8.04. The summed E-state index contributed by atoms with van der Waals surface area (Å²) >= 11 is 6.97. The first-order valence-electron chi connectivity index (χ1n) is 10.1. The monoisotopic (exact) mass is 514 g/mol. The zero-order valence-corrected chi connectivity index (χ0v) is 20.6. The van der Waals surface area contributed by atoms with Gasteiger partial charge in [0.05, 0.1) is 26.2 Å². The zero-order chi connectivity index (χ0) is 24.6. The number of sulfone groups is 1. The van der Waals surface area contributed by atoms with Crippen LogP contribution < -0.4 is 5.32 Å². The fourth-order valence-electron chi connectivity index (χ4n) is 3.59. The first-order valence-corrected chi connectivity index (χ1v) is 13.0. The summed E-state index contributed by atoms with van der Waals surface area (Å²) in [5.41, 5.74) is 3.25. The molecule has 3 aromatic carbocycles. The van der Waals surface area contributed by atoms with E-state index >= 15 is 0 Å². The molecule has 0 saturated heterocycles. The van der Waals surface area contributed by atoms with Gasteiger partial charge in [-0.2, -0.15) is 0 Å². The van der Waals surface area contributed by atoms with Crippen molar-refractivity contribution in [3.63, 3.8) is 0 Å². The van der Waals surface area contributed by atoms with E-state index in [9.17, 15) is 23.3 Å². The lowest BCUT2D eigenvalue weighted by Crippen LogP contribution is -2.18. The fourth-order valence-corrected chi connectivity index (χ4v) is 6.41. The molecule has 0 bridgehead atoms. The van der Waals surface area contributed by atoms with Crippen molar-refractivity contribution in [2.45, 2.75) is 29.4 Å². The molecule has 1 amide bonds. The molecular weight excluding hydrogens is 496 g/mol. The average Bonchev–Trinajstić information content (AvgIpc) is 2.77. The number of nitrogens with zero attached hydrogens (tertiary/aromatic N) is 1. The molecule has 0 spiro atoms. The molecule has 34 heavy (non-hydrogen) atoms. The highest BCUT2D eigenvalue weighted by atomic mass is 35.5. The Morgan fingerprint density at radius 2 is 1.79 bits per heavy atom. The number of hydrogen-bond acceptors (Lipinski definition) is 6. The van der Waals surface area contributed by atoms with E-state index in [-0.39, 0.29) is 32.2 Å². The van der Waals surface area contributed by atoms with Gasteiger partial charge in [0.25, 0.3) is 11.6 Å². The van der Waals surface area contributed by atoms with Gasteiger partial charge in [0.1, 0.15) is 5.02 Å². The molecule has 10 heteroatoms. The van der Waals surface area contributed by atoms with Gasteiger partial charge in [0, 0.05) is 11.0 Å². The number of carbonyl (C=O) groups is 1. The minimum atomic E-state index is -3.64. The van der Waals surface area contributed by atoms with E-state index in [0.29, 0.717) is 16.1 Å². The van der Waals surface area contributed by atoms with Crippen LogP contribution in [0.2, 0.25) is 5.02 Å². The largest absolute Gasteiger partial charge is 0.320 e. The van der Waals surface area contributed by atoms with E-state index in [2.05, 4.69) is 5.32 Å². The SMILES string of the molecule is Cc1cccc(C)c1CS(=O)(=O)c1ccc2c(c1)S/C(=C/c1ccc(Cl)c([N+](=O)[O-])c1)C(=O)N2. The number of nitrogens with one attached hydrogen (secondary N) is 1. The Morgan fingerprint density at radius 1 is 1.09 bits per heavy atom. The molecule has 1 N–H and O–H groups in total. The molecule has 0 aliphatic carbocycles. The van der Waals surface area contributed by atoms with E-state index in [4.69, 9.17) is 11.6 Å². The van der Waals surface area contributed by atoms with Crippen LogP contribution in [0.1, 0.15) is 22.3 Å². The fraction of sp³-hybridized carbons (Fsp3) is 0.125. The van der Waals surface area contributed by atoms with Crippen molar-refractivity contribution in [1.29, 1.82) is 0 Å². The molecular formula is C24H19ClN2O5S2. The Morgan fingerprint density at radius 3 is 2.47 bits per heavy atom. The molecule has 7 nitrogen and oxygen atoms in total. The Bertz CT molecular complexity index is 1460. The van der Waals surface area contributed by atoms with E-state index in [1.54, 1.807) is 18.2 Å². The van der Waals surface area contributed by atoms with Gasteiger partial charge in [-0.3, -0.25) is 14.9 Å². The summed E-state index contributed by atoms with van der Waals surface area (Å²) in [6.45, 7) is 3.77. The summed E-state index contributed by atoms with van der Waals surface area (Å²) in [4.78, 5) is 24.1. The summed E-state index contributed by atoms with van der Waals surface area (Å²) in [6.07, 6.45) is 1.50. The van der Waals surface area contributed by atoms with Crippen molar-refractivity contribution in [3.05, 3.63) is 96.9 Å². The van der Waals surface area contributed by atoms with Gasteiger partial charge in [-0.05, 0) is 66.4 Å². The molecule has 1 aliphatic heterocycles. The number of benzene rings is 3. The van der Waals surface area contributed by atoms with Crippen LogP contribution in [0, 0.1) is 24.0 Å². The lowest BCUT2D eigenvalue weighted by Gasteiger charge is -2.20. The third-order valence-corrected chi connectivity index (χ3v) is 8.49. The van der Waals surface area contributed by atoms with Crippen LogP contribution in [0.3, 0.4) is 0 Å². The lowest BCUT2D eigenvalue weighted by atomic mass is 10.1. The molecule has 3 aromatic rings. The van der Waals surface area contributed by atoms with Crippen molar-refractivity contribution in [3.8, 4) is 0 Å². The number of rotatable bonds is 5. The number of nitro benzene ring substituents is 1. The Hall–Kier alpha value is -3.14. The maximum Gasteiger partial charge on any atom is 0.288 e. The molecule has 0 fully saturated rings. The van der Waals surface area contributed by atoms with Crippen LogP contribution in [0.15, 0.2) is 69.3 Å². The van der Waals surface area contributed by atoms with Crippen molar-refractivity contribution < 1.29 is 18.1 Å². The number of thioether (sulfide) groups is 1. The third kappa shape index (κ3) is 4.86. The van der Waals surface area contributed by atoms with Crippen LogP contribution in [-0.2, 0) is 20.4 Å². The maximum atomic E-state index is 13.2. The Balaban J connectivity index is 1.67. The van der Waals surface area contributed by atoms with Crippen LogP contribution in [0.4, 0.5) is 11.4 Å². The number of carbonyl (C=O) groups excluding carboxylic acids is 1. The van der Waals surface area contributed by atoms with E-state index < -0.39 is 14.8 Å². The van der Waals surface area contributed by atoms with Gasteiger partial charge in [0.2, 0.25) is 0 Å². The minimum Gasteiger partial charge on any atom is -0.320 e. The molecule has 0 saturated carbocycles. The second-order valence-electron chi connectivity index (χ2n) is 7.82. The van der Waals surface area contributed by atoms with Gasteiger partial charge in [-0.1, -0.05) is 47.6 Å². The molecule has 4 rings (SSSR count). The van der Waals surface area contributed by atoms with Gasteiger partial charge >= 0.3 is 0 Å². The van der Waals surface area contributed by atoms with E-state index in [1.807, 2.05) is 32.0 Å². The standard InChI is InChI=1S/C24H19ClN2O5S2/c1-14-4-3-5-15(2)18(14)13-34(31,32)17-7-9-20-22(12-17)33-23(24(28)26-20)11-16-6-8-19(25)21(10-16)27(29)30/h3-12H,13H2,1-2H3,(H,26,28)/b23-11+. The summed E-state index contributed by atoms with van der Waals surface area (Å²) in [7, 11) is -3.64. The average molecular weight is 515 g/mol.